The molecule has 2 nitrogen and oxygen atoms in total. The van der Waals surface area contributed by atoms with Crippen molar-refractivity contribution in [2.75, 3.05) is 19.6 Å². The molecule has 20 heavy (non-hydrogen) atoms. The summed E-state index contributed by atoms with van der Waals surface area (Å²) in [7, 11) is 0. The molecule has 0 aliphatic rings. The van der Waals surface area contributed by atoms with Crippen LogP contribution in [0, 0.1) is 5.82 Å². The summed E-state index contributed by atoms with van der Waals surface area (Å²) >= 11 is 0. The van der Waals surface area contributed by atoms with Crippen molar-refractivity contribution in [1.82, 2.24) is 4.90 Å². The third-order valence-electron chi connectivity index (χ3n) is 2.92. The Morgan fingerprint density at radius 3 is 2.25 bits per heavy atom. The molecule has 0 aliphatic carbocycles. The summed E-state index contributed by atoms with van der Waals surface area (Å²) in [5, 5.41) is 9.90. The van der Waals surface area contributed by atoms with E-state index in [1.165, 1.54) is 29.2 Å². The lowest BCUT2D eigenvalue weighted by Gasteiger charge is -2.24. The highest BCUT2D eigenvalue weighted by Gasteiger charge is 2.30. The van der Waals surface area contributed by atoms with Crippen molar-refractivity contribution >= 4 is 0 Å². The monoisotopic (exact) mass is 293 g/mol. The van der Waals surface area contributed by atoms with Crippen molar-refractivity contribution in [3.05, 3.63) is 35.6 Å². The van der Waals surface area contributed by atoms with Crippen LogP contribution in [0.5, 0.6) is 0 Å². The molecule has 0 aromatic heterocycles. The van der Waals surface area contributed by atoms with E-state index in [9.17, 15) is 22.7 Å². The van der Waals surface area contributed by atoms with Gasteiger partial charge in [0.05, 0.1) is 12.6 Å². The summed E-state index contributed by atoms with van der Waals surface area (Å²) in [5.41, 5.74) is 0.509. The molecule has 1 aromatic rings. The highest BCUT2D eigenvalue weighted by atomic mass is 19.4. The van der Waals surface area contributed by atoms with Gasteiger partial charge in [0.25, 0.3) is 0 Å². The normalized spacial score (nSPS) is 13.8. The van der Waals surface area contributed by atoms with Gasteiger partial charge >= 0.3 is 6.18 Å². The van der Waals surface area contributed by atoms with Gasteiger partial charge in [-0.15, -0.1) is 0 Å². The molecule has 0 spiro atoms. The molecule has 6 heteroatoms. The third-order valence-corrected chi connectivity index (χ3v) is 2.92. The average molecular weight is 293 g/mol. The minimum atomic E-state index is -4.24. The van der Waals surface area contributed by atoms with Crippen LogP contribution in [0.1, 0.15) is 31.4 Å². The van der Waals surface area contributed by atoms with E-state index in [0.717, 1.165) is 0 Å². The first kappa shape index (κ1) is 16.9. The van der Waals surface area contributed by atoms with Crippen LogP contribution in [0.3, 0.4) is 0 Å². The van der Waals surface area contributed by atoms with E-state index >= 15 is 0 Å². The van der Waals surface area contributed by atoms with E-state index in [0.29, 0.717) is 18.5 Å². The van der Waals surface area contributed by atoms with Crippen molar-refractivity contribution in [2.24, 2.45) is 0 Å². The minimum absolute atomic E-state index is 0.145. The van der Waals surface area contributed by atoms with Gasteiger partial charge in [-0.2, -0.15) is 13.2 Å². The molecule has 0 aliphatic heterocycles. The zero-order chi connectivity index (χ0) is 15.2. The Labute approximate surface area is 116 Å². The summed E-state index contributed by atoms with van der Waals surface area (Å²) in [5.74, 6) is -0.411. The number of rotatable bonds is 7. The van der Waals surface area contributed by atoms with E-state index in [-0.39, 0.29) is 13.0 Å². The van der Waals surface area contributed by atoms with E-state index in [4.69, 9.17) is 0 Å². The number of aliphatic hydroxyl groups is 1. The van der Waals surface area contributed by atoms with E-state index in [1.54, 1.807) is 6.92 Å². The molecule has 0 saturated carbocycles. The molecule has 1 aromatic carbocycles. The molecule has 0 bridgehead atoms. The van der Waals surface area contributed by atoms with Crippen molar-refractivity contribution in [3.63, 3.8) is 0 Å². The first-order valence-electron chi connectivity index (χ1n) is 6.54. The van der Waals surface area contributed by atoms with Crippen LogP contribution < -0.4 is 0 Å². The zero-order valence-corrected chi connectivity index (χ0v) is 11.3. The summed E-state index contributed by atoms with van der Waals surface area (Å²) in [4.78, 5) is 1.27. The number of benzene rings is 1. The van der Waals surface area contributed by atoms with Crippen LogP contribution in [0.15, 0.2) is 24.3 Å². The summed E-state index contributed by atoms with van der Waals surface area (Å²) < 4.78 is 49.9. The van der Waals surface area contributed by atoms with Gasteiger partial charge in [0.2, 0.25) is 0 Å². The Morgan fingerprint density at radius 1 is 1.15 bits per heavy atom. The fourth-order valence-electron chi connectivity index (χ4n) is 2.00. The van der Waals surface area contributed by atoms with Crippen LogP contribution in [-0.4, -0.2) is 35.8 Å². The molecular weight excluding hydrogens is 274 g/mol. The predicted octanol–water partition coefficient (Wildman–Crippen LogP) is 3.52. The molecule has 1 atom stereocenters. The van der Waals surface area contributed by atoms with E-state index in [2.05, 4.69) is 0 Å². The molecule has 114 valence electrons. The van der Waals surface area contributed by atoms with Crippen LogP contribution >= 0.6 is 0 Å². The summed E-state index contributed by atoms with van der Waals surface area (Å²) in [6, 6.07) is 5.32. The van der Waals surface area contributed by atoms with Gasteiger partial charge in [0.1, 0.15) is 5.82 Å². The first-order chi connectivity index (χ1) is 9.31. The van der Waals surface area contributed by atoms with Gasteiger partial charge in [-0.1, -0.05) is 19.1 Å². The largest absolute Gasteiger partial charge is 0.401 e. The third kappa shape index (κ3) is 6.34. The molecule has 0 heterocycles. The lowest BCUT2D eigenvalue weighted by molar-refractivity contribution is -0.146. The Kier molecular flexibility index (Phi) is 6.42. The molecule has 0 amide bonds. The van der Waals surface area contributed by atoms with Gasteiger partial charge in [-0.05, 0) is 37.1 Å². The van der Waals surface area contributed by atoms with Gasteiger partial charge in [0.15, 0.2) is 0 Å². The van der Waals surface area contributed by atoms with Gasteiger partial charge in [-0.3, -0.25) is 4.90 Å². The smallest absolute Gasteiger partial charge is 0.388 e. The maximum Gasteiger partial charge on any atom is 0.401 e. The first-order valence-corrected chi connectivity index (χ1v) is 6.54. The Balaban J connectivity index is 2.51. The summed E-state index contributed by atoms with van der Waals surface area (Å²) in [6.45, 7) is 1.30. The molecule has 1 N–H and O–H groups in total. The number of aliphatic hydroxyl groups excluding tert-OH is 1. The number of alkyl halides is 3. The van der Waals surface area contributed by atoms with E-state index < -0.39 is 24.6 Å². The maximum atomic E-state index is 12.7. The van der Waals surface area contributed by atoms with Crippen molar-refractivity contribution in [2.45, 2.75) is 32.0 Å². The maximum absolute atomic E-state index is 12.7. The predicted molar refractivity (Wildman–Crippen MR) is 68.8 cm³/mol. The molecule has 0 fully saturated rings. The quantitative estimate of drug-likeness (QED) is 0.778. The second-order valence-electron chi connectivity index (χ2n) is 4.75. The molecule has 0 radical (unpaired) electrons. The molecule has 1 rings (SSSR count). The topological polar surface area (TPSA) is 23.5 Å². The fraction of sp³-hybridized carbons (Fsp3) is 0.571. The lowest BCUT2D eigenvalue weighted by atomic mass is 10.1. The second-order valence-corrected chi connectivity index (χ2v) is 4.75. The number of hydrogen-bond donors (Lipinski definition) is 1. The standard InChI is InChI=1S/C14H19F4NO/c1-2-8-19(10-14(16,17)18)9-7-13(20)11-3-5-12(15)6-4-11/h3-6,13,20H,2,7-10H2,1H3. The van der Waals surface area contributed by atoms with Crippen molar-refractivity contribution < 1.29 is 22.7 Å². The number of nitrogens with zero attached hydrogens (tertiary/aromatic N) is 1. The SMILES string of the molecule is CCCN(CCC(O)c1ccc(F)cc1)CC(F)(F)F. The van der Waals surface area contributed by atoms with E-state index in [1.807, 2.05) is 0 Å². The van der Waals surface area contributed by atoms with Gasteiger partial charge < -0.3 is 5.11 Å². The van der Waals surface area contributed by atoms with Crippen molar-refractivity contribution in [1.29, 1.82) is 0 Å². The Morgan fingerprint density at radius 2 is 1.75 bits per heavy atom. The van der Waals surface area contributed by atoms with Crippen LogP contribution in [0.2, 0.25) is 0 Å². The summed E-state index contributed by atoms with van der Waals surface area (Å²) in [6.07, 6.45) is -4.33. The number of hydrogen-bond acceptors (Lipinski definition) is 2. The second kappa shape index (κ2) is 7.59. The zero-order valence-electron chi connectivity index (χ0n) is 11.3. The molecular formula is C14H19F4NO. The fourth-order valence-corrected chi connectivity index (χ4v) is 2.00. The van der Waals surface area contributed by atoms with Crippen LogP contribution in [0.4, 0.5) is 17.6 Å². The molecule has 1 unspecified atom stereocenters. The molecule has 0 saturated heterocycles. The van der Waals surface area contributed by atoms with Crippen molar-refractivity contribution in [3.8, 4) is 0 Å². The van der Waals surface area contributed by atoms with Gasteiger partial charge in [0, 0.05) is 6.54 Å². The highest BCUT2D eigenvalue weighted by Crippen LogP contribution is 2.20. The minimum Gasteiger partial charge on any atom is -0.388 e. The number of halogens is 4. The van der Waals surface area contributed by atoms with Gasteiger partial charge in [-0.25, -0.2) is 4.39 Å². The van der Waals surface area contributed by atoms with Crippen LogP contribution in [-0.2, 0) is 0 Å². The lowest BCUT2D eigenvalue weighted by Crippen LogP contribution is -2.36. The Hall–Kier alpha value is -1.14. The Bertz CT molecular complexity index is 391. The highest BCUT2D eigenvalue weighted by molar-refractivity contribution is 5.18. The van der Waals surface area contributed by atoms with Crippen LogP contribution in [0.25, 0.3) is 0 Å². The average Bonchev–Trinajstić information content (AvgIpc) is 2.35.